The third-order valence-electron chi connectivity index (χ3n) is 5.99. The number of halogens is 1. The minimum absolute atomic E-state index is 0.0377. The zero-order chi connectivity index (χ0) is 26.2. The molecule has 0 heterocycles. The van der Waals surface area contributed by atoms with Crippen molar-refractivity contribution in [2.24, 2.45) is 0 Å². The van der Waals surface area contributed by atoms with Crippen LogP contribution < -0.4 is 9.62 Å². The Morgan fingerprint density at radius 1 is 1.06 bits per heavy atom. The monoisotopic (exact) mass is 521 g/mol. The SMILES string of the molecule is CCC(C)NC(=O)C(CC)N(CCc1ccccc1)C(=O)CN(c1cc(Cl)ccc1C)S(C)(=O)=O. The van der Waals surface area contributed by atoms with E-state index >= 15 is 0 Å². The quantitative estimate of drug-likeness (QED) is 0.454. The second-order valence-electron chi connectivity index (χ2n) is 8.77. The number of carbonyl (C=O) groups is 2. The molecular weight excluding hydrogens is 486 g/mol. The van der Waals surface area contributed by atoms with Crippen molar-refractivity contribution in [3.05, 3.63) is 64.7 Å². The van der Waals surface area contributed by atoms with E-state index in [0.29, 0.717) is 29.1 Å². The summed E-state index contributed by atoms with van der Waals surface area (Å²) in [6, 6.07) is 13.8. The van der Waals surface area contributed by atoms with Crippen molar-refractivity contribution in [1.29, 1.82) is 0 Å². The summed E-state index contributed by atoms with van der Waals surface area (Å²) in [4.78, 5) is 28.3. The number of sulfonamides is 1. The summed E-state index contributed by atoms with van der Waals surface area (Å²) in [5.74, 6) is -0.690. The fourth-order valence-corrected chi connectivity index (χ4v) is 4.85. The van der Waals surface area contributed by atoms with E-state index in [1.807, 2.05) is 51.1 Å². The van der Waals surface area contributed by atoms with Crippen LogP contribution in [0.5, 0.6) is 0 Å². The molecule has 2 unspecified atom stereocenters. The molecule has 0 saturated carbocycles. The first-order valence-corrected chi connectivity index (χ1v) is 14.1. The number of hydrogen-bond donors (Lipinski definition) is 1. The Bertz CT molecular complexity index is 1110. The molecule has 9 heteroatoms. The zero-order valence-corrected chi connectivity index (χ0v) is 22.7. The summed E-state index contributed by atoms with van der Waals surface area (Å²) < 4.78 is 26.5. The standard InChI is InChI=1S/C26H36ClN3O4S/c1-6-20(4)28-26(32)23(7-2)29(16-15-21-11-9-8-10-12-21)25(31)18-30(35(5,33)34)24-17-22(27)14-13-19(24)3/h8-14,17,20,23H,6-7,15-16,18H2,1-5H3,(H,28,32). The Labute approximate surface area is 214 Å². The van der Waals surface area contributed by atoms with Crippen LogP contribution in [-0.4, -0.2) is 56.6 Å². The fraction of sp³-hybridized carbons (Fsp3) is 0.462. The summed E-state index contributed by atoms with van der Waals surface area (Å²) in [6.45, 7) is 7.34. The van der Waals surface area contributed by atoms with Crippen LogP contribution in [0, 0.1) is 6.92 Å². The van der Waals surface area contributed by atoms with Crippen molar-refractivity contribution in [2.75, 3.05) is 23.7 Å². The number of nitrogens with zero attached hydrogens (tertiary/aromatic N) is 2. The molecule has 2 aromatic rings. The molecule has 2 amide bonds. The molecule has 0 spiro atoms. The molecular formula is C26H36ClN3O4S. The number of rotatable bonds is 12. The molecule has 0 bridgehead atoms. The van der Waals surface area contributed by atoms with Gasteiger partial charge in [-0.2, -0.15) is 0 Å². The third kappa shape index (κ3) is 8.25. The van der Waals surface area contributed by atoms with Gasteiger partial charge in [0.1, 0.15) is 12.6 Å². The number of benzene rings is 2. The van der Waals surface area contributed by atoms with Gasteiger partial charge in [0, 0.05) is 17.6 Å². The largest absolute Gasteiger partial charge is 0.352 e. The highest BCUT2D eigenvalue weighted by Gasteiger charge is 2.32. The lowest BCUT2D eigenvalue weighted by molar-refractivity contribution is -0.139. The van der Waals surface area contributed by atoms with E-state index in [1.54, 1.807) is 19.1 Å². The van der Waals surface area contributed by atoms with Gasteiger partial charge < -0.3 is 10.2 Å². The maximum absolute atomic E-state index is 13.7. The number of anilines is 1. The summed E-state index contributed by atoms with van der Waals surface area (Å²) in [6.07, 6.45) is 2.75. The van der Waals surface area contributed by atoms with Gasteiger partial charge in [-0.05, 0) is 56.4 Å². The number of nitrogens with one attached hydrogen (secondary N) is 1. The second-order valence-corrected chi connectivity index (χ2v) is 11.1. The summed E-state index contributed by atoms with van der Waals surface area (Å²) in [7, 11) is -3.80. The zero-order valence-electron chi connectivity index (χ0n) is 21.1. The Morgan fingerprint density at radius 3 is 2.29 bits per heavy atom. The Balaban J connectivity index is 2.40. The molecule has 2 atom stereocenters. The van der Waals surface area contributed by atoms with Crippen LogP contribution in [-0.2, 0) is 26.0 Å². The molecule has 0 radical (unpaired) electrons. The van der Waals surface area contributed by atoms with Crippen LogP contribution in [0.25, 0.3) is 0 Å². The molecule has 2 aromatic carbocycles. The first kappa shape index (κ1) is 28.7. The lowest BCUT2D eigenvalue weighted by Crippen LogP contribution is -2.54. The highest BCUT2D eigenvalue weighted by molar-refractivity contribution is 7.92. The predicted octanol–water partition coefficient (Wildman–Crippen LogP) is 4.18. The maximum Gasteiger partial charge on any atom is 0.244 e. The molecule has 0 fully saturated rings. The minimum Gasteiger partial charge on any atom is -0.352 e. The van der Waals surface area contributed by atoms with Crippen molar-refractivity contribution in [3.8, 4) is 0 Å². The summed E-state index contributed by atoms with van der Waals surface area (Å²) in [5, 5.41) is 3.33. The molecule has 0 aliphatic carbocycles. The molecule has 0 aliphatic rings. The van der Waals surface area contributed by atoms with E-state index < -0.39 is 28.5 Å². The van der Waals surface area contributed by atoms with Crippen LogP contribution >= 0.6 is 11.6 Å². The maximum atomic E-state index is 13.7. The van der Waals surface area contributed by atoms with Crippen LogP contribution in [0.2, 0.25) is 5.02 Å². The predicted molar refractivity (Wildman–Crippen MR) is 142 cm³/mol. The minimum atomic E-state index is -3.80. The van der Waals surface area contributed by atoms with Gasteiger partial charge in [-0.25, -0.2) is 8.42 Å². The van der Waals surface area contributed by atoms with Gasteiger partial charge in [0.15, 0.2) is 0 Å². The molecule has 2 rings (SSSR count). The molecule has 35 heavy (non-hydrogen) atoms. The first-order valence-electron chi connectivity index (χ1n) is 11.9. The Kier molecular flexibility index (Phi) is 10.6. The molecule has 192 valence electrons. The molecule has 7 nitrogen and oxygen atoms in total. The van der Waals surface area contributed by atoms with E-state index in [9.17, 15) is 18.0 Å². The average Bonchev–Trinajstić information content (AvgIpc) is 2.81. The molecule has 0 aliphatic heterocycles. The average molecular weight is 522 g/mol. The number of aryl methyl sites for hydroxylation is 1. The first-order chi connectivity index (χ1) is 16.5. The summed E-state index contributed by atoms with van der Waals surface area (Å²) in [5.41, 5.74) is 2.03. The summed E-state index contributed by atoms with van der Waals surface area (Å²) >= 11 is 6.13. The molecule has 0 aromatic heterocycles. The second kappa shape index (κ2) is 12.9. The van der Waals surface area contributed by atoms with Crippen molar-refractivity contribution in [2.45, 2.75) is 59.0 Å². The van der Waals surface area contributed by atoms with Crippen molar-refractivity contribution in [3.63, 3.8) is 0 Å². The van der Waals surface area contributed by atoms with Crippen LogP contribution in [0.3, 0.4) is 0 Å². The number of amides is 2. The van der Waals surface area contributed by atoms with E-state index in [1.165, 1.54) is 11.0 Å². The van der Waals surface area contributed by atoms with E-state index in [4.69, 9.17) is 11.6 Å². The van der Waals surface area contributed by atoms with Gasteiger partial charge in [-0.3, -0.25) is 13.9 Å². The fourth-order valence-electron chi connectivity index (χ4n) is 3.78. The van der Waals surface area contributed by atoms with E-state index in [2.05, 4.69) is 5.32 Å². The van der Waals surface area contributed by atoms with Crippen LogP contribution in [0.4, 0.5) is 5.69 Å². The van der Waals surface area contributed by atoms with Crippen molar-refractivity contribution >= 4 is 39.1 Å². The number of carbonyl (C=O) groups excluding carboxylic acids is 2. The van der Waals surface area contributed by atoms with Gasteiger partial charge in [-0.15, -0.1) is 0 Å². The molecule has 0 saturated heterocycles. The van der Waals surface area contributed by atoms with Crippen molar-refractivity contribution < 1.29 is 18.0 Å². The van der Waals surface area contributed by atoms with Gasteiger partial charge in [0.25, 0.3) is 0 Å². The van der Waals surface area contributed by atoms with Gasteiger partial charge in [-0.1, -0.05) is 61.8 Å². The smallest absolute Gasteiger partial charge is 0.244 e. The van der Waals surface area contributed by atoms with Crippen LogP contribution in [0.1, 0.15) is 44.7 Å². The van der Waals surface area contributed by atoms with Crippen molar-refractivity contribution in [1.82, 2.24) is 10.2 Å². The third-order valence-corrected chi connectivity index (χ3v) is 7.35. The lowest BCUT2D eigenvalue weighted by atomic mass is 10.1. The van der Waals surface area contributed by atoms with E-state index in [-0.39, 0.29) is 18.5 Å². The highest BCUT2D eigenvalue weighted by Crippen LogP contribution is 2.26. The highest BCUT2D eigenvalue weighted by atomic mass is 35.5. The Morgan fingerprint density at radius 2 is 1.71 bits per heavy atom. The lowest BCUT2D eigenvalue weighted by Gasteiger charge is -2.33. The van der Waals surface area contributed by atoms with Gasteiger partial charge in [0.2, 0.25) is 21.8 Å². The normalized spacial score (nSPS) is 13.1. The van der Waals surface area contributed by atoms with E-state index in [0.717, 1.165) is 22.5 Å². The van der Waals surface area contributed by atoms with Gasteiger partial charge >= 0.3 is 0 Å². The van der Waals surface area contributed by atoms with Gasteiger partial charge in [0.05, 0.1) is 11.9 Å². The number of hydrogen-bond acceptors (Lipinski definition) is 4. The topological polar surface area (TPSA) is 86.8 Å². The van der Waals surface area contributed by atoms with Crippen LogP contribution in [0.15, 0.2) is 48.5 Å². The molecule has 1 N–H and O–H groups in total. The Hall–Kier alpha value is -2.58.